The van der Waals surface area contributed by atoms with Gasteiger partial charge in [0.15, 0.2) is 5.96 Å². The number of amides is 1. The molecule has 1 saturated heterocycles. The molecule has 25 heavy (non-hydrogen) atoms. The van der Waals surface area contributed by atoms with E-state index in [1.807, 2.05) is 18.7 Å². The number of piperazine rings is 1. The molecule has 1 aromatic rings. The van der Waals surface area contributed by atoms with Crippen molar-refractivity contribution in [2.45, 2.75) is 40.5 Å². The predicted molar refractivity (Wildman–Crippen MR) is 110 cm³/mol. The van der Waals surface area contributed by atoms with E-state index in [2.05, 4.69) is 29.2 Å². The minimum absolute atomic E-state index is 0. The highest BCUT2D eigenvalue weighted by molar-refractivity contribution is 14.0. The topological polar surface area (TPSA) is 74.0 Å². The van der Waals surface area contributed by atoms with Gasteiger partial charge in [-0.2, -0.15) is 0 Å². The van der Waals surface area contributed by atoms with E-state index in [-0.39, 0.29) is 35.8 Å². The lowest BCUT2D eigenvalue weighted by Crippen LogP contribution is -2.53. The Morgan fingerprint density at radius 1 is 1.28 bits per heavy atom. The van der Waals surface area contributed by atoms with E-state index in [0.717, 1.165) is 55.7 Å². The number of carbonyl (C=O) groups excluding carboxylic acids is 1. The zero-order valence-electron chi connectivity index (χ0n) is 15.8. The molecule has 1 unspecified atom stereocenters. The fourth-order valence-corrected chi connectivity index (χ4v) is 3.17. The highest BCUT2D eigenvalue weighted by Crippen LogP contribution is 2.23. The molecular weight excluding hydrogens is 433 g/mol. The Balaban J connectivity index is 0.00000312. The molecule has 1 aliphatic heterocycles. The summed E-state index contributed by atoms with van der Waals surface area (Å²) in [6.07, 6.45) is 0. The van der Waals surface area contributed by atoms with E-state index in [9.17, 15) is 4.79 Å². The SMILES string of the molecule is CCNC(=NCC(C)c1c(C)noc1C)N1CCN(C(C)=O)CC1.I. The van der Waals surface area contributed by atoms with Crippen molar-refractivity contribution in [3.05, 3.63) is 17.0 Å². The Bertz CT molecular complexity index is 574. The Labute approximate surface area is 167 Å². The van der Waals surface area contributed by atoms with Gasteiger partial charge in [0.05, 0.1) is 5.69 Å². The summed E-state index contributed by atoms with van der Waals surface area (Å²) in [5.41, 5.74) is 2.09. The smallest absolute Gasteiger partial charge is 0.219 e. The van der Waals surface area contributed by atoms with Gasteiger partial charge in [0.2, 0.25) is 5.91 Å². The number of hydrogen-bond acceptors (Lipinski definition) is 4. The van der Waals surface area contributed by atoms with Crippen molar-refractivity contribution in [3.63, 3.8) is 0 Å². The Morgan fingerprint density at radius 2 is 1.88 bits per heavy atom. The molecule has 2 heterocycles. The van der Waals surface area contributed by atoms with Gasteiger partial charge in [-0.05, 0) is 20.8 Å². The largest absolute Gasteiger partial charge is 0.361 e. The molecule has 142 valence electrons. The van der Waals surface area contributed by atoms with Crippen LogP contribution in [0.3, 0.4) is 0 Å². The highest BCUT2D eigenvalue weighted by atomic mass is 127. The lowest BCUT2D eigenvalue weighted by Gasteiger charge is -2.36. The Kier molecular flexibility index (Phi) is 8.67. The predicted octanol–water partition coefficient (Wildman–Crippen LogP) is 2.14. The van der Waals surface area contributed by atoms with E-state index in [0.29, 0.717) is 6.54 Å². The van der Waals surface area contributed by atoms with Crippen molar-refractivity contribution in [2.24, 2.45) is 4.99 Å². The van der Waals surface area contributed by atoms with E-state index in [1.54, 1.807) is 6.92 Å². The highest BCUT2D eigenvalue weighted by Gasteiger charge is 2.22. The first-order valence-electron chi connectivity index (χ1n) is 8.65. The van der Waals surface area contributed by atoms with Crippen LogP contribution in [-0.4, -0.2) is 66.1 Å². The standard InChI is InChI=1S/C17H29N5O2.HI/c1-6-18-17(22-9-7-21(8-10-22)15(5)23)19-11-12(2)16-13(3)20-24-14(16)4;/h12H,6-11H2,1-5H3,(H,18,19);1H. The maximum atomic E-state index is 11.5. The van der Waals surface area contributed by atoms with Crippen molar-refractivity contribution in [1.82, 2.24) is 20.3 Å². The third-order valence-corrected chi connectivity index (χ3v) is 4.46. The van der Waals surface area contributed by atoms with Crippen molar-refractivity contribution in [1.29, 1.82) is 0 Å². The van der Waals surface area contributed by atoms with Gasteiger partial charge in [0.1, 0.15) is 5.76 Å². The van der Waals surface area contributed by atoms with Crippen LogP contribution in [0.1, 0.15) is 43.7 Å². The minimum Gasteiger partial charge on any atom is -0.361 e. The van der Waals surface area contributed by atoms with Crippen molar-refractivity contribution >= 4 is 35.8 Å². The van der Waals surface area contributed by atoms with Crippen LogP contribution in [0.2, 0.25) is 0 Å². The summed E-state index contributed by atoms with van der Waals surface area (Å²) >= 11 is 0. The number of aliphatic imine (C=N–C) groups is 1. The number of halogens is 1. The van der Waals surface area contributed by atoms with Gasteiger partial charge < -0.3 is 19.6 Å². The number of rotatable bonds is 4. The second kappa shape index (κ2) is 9.98. The fraction of sp³-hybridized carbons (Fsp3) is 0.706. The number of carbonyl (C=O) groups is 1. The number of guanidine groups is 1. The van der Waals surface area contributed by atoms with Crippen molar-refractivity contribution in [2.75, 3.05) is 39.3 Å². The van der Waals surface area contributed by atoms with Gasteiger partial charge in [-0.25, -0.2) is 0 Å². The number of nitrogens with zero attached hydrogens (tertiary/aromatic N) is 4. The Morgan fingerprint density at radius 3 is 2.36 bits per heavy atom. The van der Waals surface area contributed by atoms with Crippen LogP contribution in [0.4, 0.5) is 0 Å². The number of nitrogens with one attached hydrogen (secondary N) is 1. The molecule has 1 aliphatic rings. The van der Waals surface area contributed by atoms with Gasteiger partial charge in [0, 0.05) is 57.7 Å². The van der Waals surface area contributed by atoms with Gasteiger partial charge in [-0.1, -0.05) is 12.1 Å². The molecule has 0 spiro atoms. The van der Waals surface area contributed by atoms with Crippen LogP contribution in [0.25, 0.3) is 0 Å². The first-order valence-corrected chi connectivity index (χ1v) is 8.65. The third kappa shape index (κ3) is 5.58. The van der Waals surface area contributed by atoms with Crippen LogP contribution in [-0.2, 0) is 4.79 Å². The minimum atomic E-state index is 0. The first-order chi connectivity index (χ1) is 11.4. The summed E-state index contributed by atoms with van der Waals surface area (Å²) in [6.45, 7) is 14.4. The van der Waals surface area contributed by atoms with Gasteiger partial charge in [-0.15, -0.1) is 24.0 Å². The molecule has 0 bridgehead atoms. The molecule has 7 nitrogen and oxygen atoms in total. The van der Waals surface area contributed by atoms with Gasteiger partial charge >= 0.3 is 0 Å². The van der Waals surface area contributed by atoms with Gasteiger partial charge in [-0.3, -0.25) is 9.79 Å². The van der Waals surface area contributed by atoms with E-state index >= 15 is 0 Å². The zero-order valence-corrected chi connectivity index (χ0v) is 18.2. The second-order valence-electron chi connectivity index (χ2n) is 6.33. The van der Waals surface area contributed by atoms with E-state index in [4.69, 9.17) is 9.52 Å². The summed E-state index contributed by atoms with van der Waals surface area (Å²) in [4.78, 5) is 20.4. The molecule has 1 amide bonds. The molecule has 8 heteroatoms. The molecule has 0 saturated carbocycles. The van der Waals surface area contributed by atoms with Crippen molar-refractivity contribution < 1.29 is 9.32 Å². The second-order valence-corrected chi connectivity index (χ2v) is 6.33. The van der Waals surface area contributed by atoms with Crippen LogP contribution < -0.4 is 5.32 Å². The average Bonchev–Trinajstić information content (AvgIpc) is 2.90. The summed E-state index contributed by atoms with van der Waals surface area (Å²) < 4.78 is 5.26. The molecule has 1 atom stereocenters. The third-order valence-electron chi connectivity index (χ3n) is 4.46. The molecule has 1 fully saturated rings. The summed E-state index contributed by atoms with van der Waals surface area (Å²) in [7, 11) is 0. The van der Waals surface area contributed by atoms with E-state index < -0.39 is 0 Å². The first kappa shape index (κ1) is 21.7. The molecule has 0 aliphatic carbocycles. The summed E-state index contributed by atoms with van der Waals surface area (Å²) in [6, 6.07) is 0. The molecule has 0 radical (unpaired) electrons. The maximum Gasteiger partial charge on any atom is 0.219 e. The lowest BCUT2D eigenvalue weighted by atomic mass is 10.00. The maximum absolute atomic E-state index is 11.5. The quantitative estimate of drug-likeness (QED) is 0.421. The van der Waals surface area contributed by atoms with Crippen LogP contribution >= 0.6 is 24.0 Å². The van der Waals surface area contributed by atoms with Gasteiger partial charge in [0.25, 0.3) is 0 Å². The number of aryl methyl sites for hydroxylation is 2. The van der Waals surface area contributed by atoms with Crippen LogP contribution in [0.15, 0.2) is 9.52 Å². The van der Waals surface area contributed by atoms with Crippen molar-refractivity contribution in [3.8, 4) is 0 Å². The molecule has 1 aromatic heterocycles. The van der Waals surface area contributed by atoms with Crippen LogP contribution in [0.5, 0.6) is 0 Å². The van der Waals surface area contributed by atoms with Crippen LogP contribution in [0, 0.1) is 13.8 Å². The normalized spacial score (nSPS) is 16.4. The fourth-order valence-electron chi connectivity index (χ4n) is 3.17. The summed E-state index contributed by atoms with van der Waals surface area (Å²) in [5, 5.41) is 7.39. The average molecular weight is 463 g/mol. The zero-order chi connectivity index (χ0) is 17.7. The molecule has 2 rings (SSSR count). The molecule has 0 aromatic carbocycles. The Hall–Kier alpha value is -1.32. The number of aromatic nitrogens is 1. The van der Waals surface area contributed by atoms with E-state index in [1.165, 1.54) is 0 Å². The number of hydrogen-bond donors (Lipinski definition) is 1. The molecular formula is C17H30IN5O2. The lowest BCUT2D eigenvalue weighted by molar-refractivity contribution is -0.130. The monoisotopic (exact) mass is 463 g/mol. The summed E-state index contributed by atoms with van der Waals surface area (Å²) in [5.74, 6) is 2.18. The molecule has 1 N–H and O–H groups in total.